The smallest absolute Gasteiger partial charge is 0.242 e. The number of fused-ring (bicyclic) bond motifs is 1. The van der Waals surface area contributed by atoms with Crippen molar-refractivity contribution in [3.8, 4) is 0 Å². The van der Waals surface area contributed by atoms with E-state index in [0.29, 0.717) is 17.3 Å². The van der Waals surface area contributed by atoms with Crippen LogP contribution in [0.3, 0.4) is 0 Å². The second-order valence-corrected chi connectivity index (χ2v) is 14.0. The highest BCUT2D eigenvalue weighted by Crippen LogP contribution is 2.28. The summed E-state index contributed by atoms with van der Waals surface area (Å²) in [6, 6.07) is 8.60. The summed E-state index contributed by atoms with van der Waals surface area (Å²) < 4.78 is 53.6. The molecule has 0 saturated heterocycles. The summed E-state index contributed by atoms with van der Waals surface area (Å²) in [5, 5.41) is 11.4. The fourth-order valence-corrected chi connectivity index (χ4v) is 6.23. The Balaban J connectivity index is 1.58. The van der Waals surface area contributed by atoms with Gasteiger partial charge in [0.05, 0.1) is 17.3 Å². The van der Waals surface area contributed by atoms with E-state index < -0.39 is 20.0 Å². The van der Waals surface area contributed by atoms with Gasteiger partial charge < -0.3 is 10.6 Å². The van der Waals surface area contributed by atoms with Gasteiger partial charge in [0.1, 0.15) is 11.6 Å². The lowest BCUT2D eigenvalue weighted by molar-refractivity contribution is 0.387. The Hall–Kier alpha value is -2.74. The molecule has 3 N–H and O–H groups in total. The van der Waals surface area contributed by atoms with E-state index in [1.807, 2.05) is 12.3 Å². The minimum absolute atomic E-state index is 0.0395. The van der Waals surface area contributed by atoms with Crippen molar-refractivity contribution in [2.45, 2.75) is 62.4 Å². The van der Waals surface area contributed by atoms with Crippen LogP contribution >= 0.6 is 0 Å². The number of sulfonamides is 2. The lowest BCUT2D eigenvalue weighted by Gasteiger charge is -2.29. The number of hydrogen-bond acceptors (Lipinski definition) is 8. The zero-order valence-electron chi connectivity index (χ0n) is 21.8. The molecule has 0 aliphatic heterocycles. The fourth-order valence-electron chi connectivity index (χ4n) is 4.49. The predicted molar refractivity (Wildman–Crippen MR) is 145 cm³/mol. The molecule has 13 heteroatoms. The van der Waals surface area contributed by atoms with Crippen molar-refractivity contribution < 1.29 is 16.8 Å². The molecule has 4 rings (SSSR count). The molecule has 0 unspecified atom stereocenters. The number of aromatic nitrogens is 3. The Morgan fingerprint density at radius 2 is 1.62 bits per heavy atom. The van der Waals surface area contributed by atoms with Crippen LogP contribution in [0, 0.1) is 0 Å². The van der Waals surface area contributed by atoms with Crippen molar-refractivity contribution in [3.63, 3.8) is 0 Å². The minimum atomic E-state index is -3.51. The Bertz CT molecular complexity index is 1460. The van der Waals surface area contributed by atoms with Gasteiger partial charge in [0.2, 0.25) is 20.0 Å². The van der Waals surface area contributed by atoms with Crippen LogP contribution in [0.5, 0.6) is 0 Å². The normalized spacial score (nSPS) is 19.0. The van der Waals surface area contributed by atoms with Crippen LogP contribution < -0.4 is 15.4 Å². The van der Waals surface area contributed by atoms with Crippen LogP contribution in [0.2, 0.25) is 0 Å². The highest BCUT2D eigenvalue weighted by molar-refractivity contribution is 7.89. The van der Waals surface area contributed by atoms with Crippen molar-refractivity contribution in [2.24, 2.45) is 0 Å². The number of nitrogens with zero attached hydrogens (tertiary/aromatic N) is 4. The van der Waals surface area contributed by atoms with E-state index in [1.54, 1.807) is 28.8 Å². The average Bonchev–Trinajstić information content (AvgIpc) is 3.24. The van der Waals surface area contributed by atoms with Crippen LogP contribution in [-0.4, -0.2) is 68.2 Å². The monoisotopic (exact) mass is 549 g/mol. The third-order valence-corrected chi connectivity index (χ3v) is 9.08. The largest absolute Gasteiger partial charge is 0.367 e. The third kappa shape index (κ3) is 6.40. The van der Waals surface area contributed by atoms with Crippen molar-refractivity contribution in [2.75, 3.05) is 31.0 Å². The first kappa shape index (κ1) is 27.3. The molecule has 1 aliphatic carbocycles. The molecule has 1 aromatic carbocycles. The van der Waals surface area contributed by atoms with Gasteiger partial charge in [-0.3, -0.25) is 0 Å². The van der Waals surface area contributed by atoms with Crippen molar-refractivity contribution in [1.82, 2.24) is 23.6 Å². The Labute approximate surface area is 218 Å². The van der Waals surface area contributed by atoms with E-state index in [-0.39, 0.29) is 22.9 Å². The first-order chi connectivity index (χ1) is 17.3. The van der Waals surface area contributed by atoms with E-state index in [2.05, 4.69) is 34.3 Å². The zero-order chi connectivity index (χ0) is 27.0. The van der Waals surface area contributed by atoms with Crippen molar-refractivity contribution in [3.05, 3.63) is 42.1 Å². The van der Waals surface area contributed by atoms with Gasteiger partial charge in [-0.25, -0.2) is 30.8 Å². The molecule has 202 valence electrons. The molecular formula is C24H35N7O4S2. The van der Waals surface area contributed by atoms with Crippen LogP contribution in [0.1, 0.15) is 51.0 Å². The minimum Gasteiger partial charge on any atom is -0.367 e. The fraction of sp³-hybridized carbons (Fsp3) is 0.500. The summed E-state index contributed by atoms with van der Waals surface area (Å²) in [6.45, 7) is 4.18. The van der Waals surface area contributed by atoms with Crippen LogP contribution in [-0.2, 0) is 20.0 Å². The maximum atomic E-state index is 12.4. The van der Waals surface area contributed by atoms with Gasteiger partial charge in [0.25, 0.3) is 0 Å². The van der Waals surface area contributed by atoms with Gasteiger partial charge in [-0.2, -0.15) is 9.61 Å². The molecule has 1 fully saturated rings. The molecule has 0 bridgehead atoms. The molecule has 1 aliphatic rings. The number of benzene rings is 1. The summed E-state index contributed by atoms with van der Waals surface area (Å²) >= 11 is 0. The predicted octanol–water partition coefficient (Wildman–Crippen LogP) is 3.12. The average molecular weight is 550 g/mol. The van der Waals surface area contributed by atoms with E-state index in [1.165, 1.54) is 24.7 Å². The van der Waals surface area contributed by atoms with E-state index >= 15 is 0 Å². The van der Waals surface area contributed by atoms with Gasteiger partial charge in [-0.1, -0.05) is 13.8 Å². The molecule has 2 heterocycles. The lowest BCUT2D eigenvalue weighted by atomic mass is 9.92. The Morgan fingerprint density at radius 1 is 1.00 bits per heavy atom. The maximum absolute atomic E-state index is 12.4. The molecule has 2 aromatic heterocycles. The van der Waals surface area contributed by atoms with Gasteiger partial charge in [-0.15, -0.1) is 0 Å². The summed E-state index contributed by atoms with van der Waals surface area (Å²) in [7, 11) is -3.73. The number of anilines is 3. The highest BCUT2D eigenvalue weighted by atomic mass is 32.2. The number of nitrogens with one attached hydrogen (secondary N) is 3. The standard InChI is InChI=1S/C24H35N7O4S2/c1-16(2)21-15-25-31-23(27-18-10-12-20(13-11-18)37(34,35)30(3)4)14-22(28-24(21)31)26-17-6-8-19(9-7-17)29-36(5,32)33/h10-17,19,27,29H,6-9H2,1-5H3,(H,26,28)/t17-,19-. The molecular weight excluding hydrogens is 514 g/mol. The number of rotatable bonds is 9. The molecule has 0 spiro atoms. The van der Waals surface area contributed by atoms with Gasteiger partial charge in [0.15, 0.2) is 5.65 Å². The Kier molecular flexibility index (Phi) is 7.79. The van der Waals surface area contributed by atoms with E-state index in [0.717, 1.165) is 36.9 Å². The molecule has 11 nitrogen and oxygen atoms in total. The summed E-state index contributed by atoms with van der Waals surface area (Å²) in [4.78, 5) is 5.07. The van der Waals surface area contributed by atoms with Crippen molar-refractivity contribution in [1.29, 1.82) is 0 Å². The second kappa shape index (κ2) is 10.6. The molecule has 3 aromatic rings. The van der Waals surface area contributed by atoms with Gasteiger partial charge in [0, 0.05) is 43.5 Å². The lowest BCUT2D eigenvalue weighted by Crippen LogP contribution is -2.39. The molecule has 37 heavy (non-hydrogen) atoms. The van der Waals surface area contributed by atoms with Crippen LogP contribution in [0.15, 0.2) is 41.4 Å². The molecule has 0 amide bonds. The van der Waals surface area contributed by atoms with E-state index in [4.69, 9.17) is 4.98 Å². The summed E-state index contributed by atoms with van der Waals surface area (Å²) in [5.41, 5.74) is 2.46. The Morgan fingerprint density at radius 3 is 2.19 bits per heavy atom. The topological polar surface area (TPSA) is 138 Å². The molecule has 0 atom stereocenters. The summed E-state index contributed by atoms with van der Waals surface area (Å²) in [6.07, 6.45) is 6.16. The SMILES string of the molecule is CC(C)c1cnn2c(Nc3ccc(S(=O)(=O)N(C)C)cc3)cc(N[C@H]3CC[C@H](NS(C)(=O)=O)CC3)nc12. The summed E-state index contributed by atoms with van der Waals surface area (Å²) in [5.74, 6) is 1.61. The number of hydrogen-bond donors (Lipinski definition) is 3. The first-order valence-electron chi connectivity index (χ1n) is 12.3. The zero-order valence-corrected chi connectivity index (χ0v) is 23.4. The molecule has 0 radical (unpaired) electrons. The quantitative estimate of drug-likeness (QED) is 0.370. The second-order valence-electron chi connectivity index (χ2n) is 10.0. The highest BCUT2D eigenvalue weighted by Gasteiger charge is 2.24. The van der Waals surface area contributed by atoms with E-state index in [9.17, 15) is 16.8 Å². The van der Waals surface area contributed by atoms with Gasteiger partial charge in [-0.05, 0) is 55.9 Å². The van der Waals surface area contributed by atoms with Crippen LogP contribution in [0.4, 0.5) is 17.3 Å². The van der Waals surface area contributed by atoms with Gasteiger partial charge >= 0.3 is 0 Å². The van der Waals surface area contributed by atoms with Crippen molar-refractivity contribution >= 4 is 43.0 Å². The third-order valence-electron chi connectivity index (χ3n) is 6.49. The maximum Gasteiger partial charge on any atom is 0.242 e. The molecule has 1 saturated carbocycles. The first-order valence-corrected chi connectivity index (χ1v) is 15.6. The van der Waals surface area contributed by atoms with Crippen LogP contribution in [0.25, 0.3) is 5.65 Å².